The lowest BCUT2D eigenvalue weighted by Crippen LogP contribution is -2.30. The molecule has 0 saturated carbocycles. The van der Waals surface area contributed by atoms with Gasteiger partial charge in [0.1, 0.15) is 12.4 Å². The highest BCUT2D eigenvalue weighted by atomic mass is 79.9. The minimum Gasteiger partial charge on any atom is -0.297 e. The van der Waals surface area contributed by atoms with Gasteiger partial charge in [0, 0.05) is 22.9 Å². The number of rotatable bonds is 6. The van der Waals surface area contributed by atoms with E-state index in [4.69, 9.17) is 0 Å². The normalized spacial score (nSPS) is 10.8. The van der Waals surface area contributed by atoms with Gasteiger partial charge in [-0.2, -0.15) is 5.10 Å². The second kappa shape index (κ2) is 8.39. The van der Waals surface area contributed by atoms with Gasteiger partial charge in [-0.25, -0.2) is 9.07 Å². The van der Waals surface area contributed by atoms with Crippen molar-refractivity contribution in [2.45, 2.75) is 26.3 Å². The van der Waals surface area contributed by atoms with Gasteiger partial charge in [0.2, 0.25) is 0 Å². The number of ketones is 1. The third-order valence-corrected chi connectivity index (χ3v) is 4.62. The maximum absolute atomic E-state index is 13.4. The maximum atomic E-state index is 13.4. The average molecular weight is 429 g/mol. The van der Waals surface area contributed by atoms with Crippen molar-refractivity contribution in [3.63, 3.8) is 0 Å². The van der Waals surface area contributed by atoms with E-state index in [0.29, 0.717) is 23.2 Å². The third-order valence-electron chi connectivity index (χ3n) is 4.09. The fourth-order valence-corrected chi connectivity index (χ4v) is 3.16. The van der Waals surface area contributed by atoms with Gasteiger partial charge in [-0.1, -0.05) is 40.2 Å². The molecule has 0 N–H and O–H groups in total. The molecule has 0 amide bonds. The largest absolute Gasteiger partial charge is 0.297 e. The van der Waals surface area contributed by atoms with Gasteiger partial charge in [-0.15, -0.1) is 0 Å². The van der Waals surface area contributed by atoms with Gasteiger partial charge >= 0.3 is 0 Å². The fraction of sp³-hybridized carbons (Fsp3) is 0.190. The molecule has 0 unspecified atom stereocenters. The highest BCUT2D eigenvalue weighted by molar-refractivity contribution is 9.10. The van der Waals surface area contributed by atoms with Crippen molar-refractivity contribution >= 4 is 21.7 Å². The Morgan fingerprint density at radius 2 is 1.85 bits per heavy atom. The van der Waals surface area contributed by atoms with Crippen LogP contribution in [0.15, 0.2) is 63.9 Å². The zero-order valence-corrected chi connectivity index (χ0v) is 16.4. The number of benzene rings is 2. The van der Waals surface area contributed by atoms with Crippen molar-refractivity contribution in [2.24, 2.45) is 0 Å². The lowest BCUT2D eigenvalue weighted by Gasteiger charge is -2.09. The van der Waals surface area contributed by atoms with E-state index in [9.17, 15) is 14.0 Å². The van der Waals surface area contributed by atoms with E-state index in [1.54, 1.807) is 25.1 Å². The molecule has 0 aliphatic heterocycles. The summed E-state index contributed by atoms with van der Waals surface area (Å²) in [7, 11) is 0. The van der Waals surface area contributed by atoms with Crippen molar-refractivity contribution in [2.75, 3.05) is 0 Å². The predicted molar refractivity (Wildman–Crippen MR) is 105 cm³/mol. The molecule has 138 valence electrons. The second-order valence-corrected chi connectivity index (χ2v) is 7.34. The monoisotopic (exact) mass is 428 g/mol. The van der Waals surface area contributed by atoms with Crippen LogP contribution in [0.5, 0.6) is 0 Å². The zero-order valence-electron chi connectivity index (χ0n) is 14.8. The summed E-state index contributed by atoms with van der Waals surface area (Å²) < 4.78 is 15.5. The van der Waals surface area contributed by atoms with E-state index in [-0.39, 0.29) is 30.1 Å². The van der Waals surface area contributed by atoms with Crippen LogP contribution in [-0.2, 0) is 24.2 Å². The molecular formula is C21H18BrFN2O2. The molecule has 0 aliphatic rings. The maximum Gasteiger partial charge on any atom is 0.270 e. The molecule has 0 radical (unpaired) electrons. The molecule has 1 aromatic heterocycles. The average Bonchev–Trinajstić information content (AvgIpc) is 2.61. The Morgan fingerprint density at radius 3 is 2.56 bits per heavy atom. The van der Waals surface area contributed by atoms with E-state index in [1.165, 1.54) is 16.8 Å². The summed E-state index contributed by atoms with van der Waals surface area (Å²) in [6, 6.07) is 15.3. The SMILES string of the molecule is Cc1cc(Cc2cccc(F)c2)c(=O)n(CC(=O)Cc2ccc(Br)cc2)n1. The third kappa shape index (κ3) is 5.20. The van der Waals surface area contributed by atoms with E-state index in [1.807, 2.05) is 24.3 Å². The van der Waals surface area contributed by atoms with Crippen LogP contribution in [0, 0.1) is 12.7 Å². The Kier molecular flexibility index (Phi) is 5.96. The van der Waals surface area contributed by atoms with Gasteiger partial charge in [-0.05, 0) is 48.4 Å². The predicted octanol–water partition coefficient (Wildman–Crippen LogP) is 3.86. The molecule has 3 aromatic rings. The zero-order chi connectivity index (χ0) is 19.4. The molecule has 3 rings (SSSR count). The number of carbonyl (C=O) groups excluding carboxylic acids is 1. The Balaban J connectivity index is 1.79. The van der Waals surface area contributed by atoms with E-state index in [2.05, 4.69) is 21.0 Å². The van der Waals surface area contributed by atoms with E-state index >= 15 is 0 Å². The quantitative estimate of drug-likeness (QED) is 0.598. The minimum absolute atomic E-state index is 0.0905. The molecule has 0 atom stereocenters. The number of hydrogen-bond acceptors (Lipinski definition) is 3. The number of aromatic nitrogens is 2. The number of hydrogen-bond donors (Lipinski definition) is 0. The number of halogens is 2. The summed E-state index contributed by atoms with van der Waals surface area (Å²) in [4.78, 5) is 25.1. The van der Waals surface area contributed by atoms with Crippen molar-refractivity contribution in [3.8, 4) is 0 Å². The molecule has 0 aliphatic carbocycles. The first-order chi connectivity index (χ1) is 12.9. The summed E-state index contributed by atoms with van der Waals surface area (Å²) in [5.74, 6) is -0.447. The Bertz CT molecular complexity index is 1030. The molecule has 0 bridgehead atoms. The molecule has 2 aromatic carbocycles. The lowest BCUT2D eigenvalue weighted by atomic mass is 10.1. The Labute approximate surface area is 164 Å². The summed E-state index contributed by atoms with van der Waals surface area (Å²) in [6.07, 6.45) is 0.523. The van der Waals surface area contributed by atoms with Crippen LogP contribution in [0.25, 0.3) is 0 Å². The van der Waals surface area contributed by atoms with Crippen LogP contribution in [0.2, 0.25) is 0 Å². The first-order valence-electron chi connectivity index (χ1n) is 8.49. The van der Waals surface area contributed by atoms with Crippen LogP contribution >= 0.6 is 15.9 Å². The van der Waals surface area contributed by atoms with E-state index in [0.717, 1.165) is 10.0 Å². The minimum atomic E-state index is -0.344. The highest BCUT2D eigenvalue weighted by Gasteiger charge is 2.12. The van der Waals surface area contributed by atoms with Crippen LogP contribution in [0.3, 0.4) is 0 Å². The molecule has 0 fully saturated rings. The van der Waals surface area contributed by atoms with Gasteiger partial charge in [0.15, 0.2) is 5.78 Å². The first kappa shape index (κ1) is 19.2. The summed E-state index contributed by atoms with van der Waals surface area (Å²) >= 11 is 3.36. The molecular weight excluding hydrogens is 411 g/mol. The molecule has 4 nitrogen and oxygen atoms in total. The van der Waals surface area contributed by atoms with Crippen LogP contribution in [-0.4, -0.2) is 15.6 Å². The van der Waals surface area contributed by atoms with Crippen molar-refractivity contribution in [1.29, 1.82) is 0 Å². The summed E-state index contributed by atoms with van der Waals surface area (Å²) in [5, 5.41) is 4.19. The summed E-state index contributed by atoms with van der Waals surface area (Å²) in [5.41, 5.74) is 2.38. The molecule has 1 heterocycles. The Hall–Kier alpha value is -2.60. The van der Waals surface area contributed by atoms with Gasteiger partial charge in [0.05, 0.1) is 5.69 Å². The molecule has 6 heteroatoms. The Morgan fingerprint density at radius 1 is 1.11 bits per heavy atom. The number of Topliss-reactive ketones (excluding diaryl/α,β-unsaturated/α-hetero) is 1. The first-order valence-corrected chi connectivity index (χ1v) is 9.28. The van der Waals surface area contributed by atoms with Crippen LogP contribution in [0.1, 0.15) is 22.4 Å². The lowest BCUT2D eigenvalue weighted by molar-refractivity contribution is -0.119. The van der Waals surface area contributed by atoms with Crippen molar-refractivity contribution in [1.82, 2.24) is 9.78 Å². The smallest absolute Gasteiger partial charge is 0.270 e. The van der Waals surface area contributed by atoms with Crippen molar-refractivity contribution in [3.05, 3.63) is 97.6 Å². The van der Waals surface area contributed by atoms with Gasteiger partial charge in [-0.3, -0.25) is 9.59 Å². The number of carbonyl (C=O) groups is 1. The van der Waals surface area contributed by atoms with Crippen molar-refractivity contribution < 1.29 is 9.18 Å². The van der Waals surface area contributed by atoms with Crippen LogP contribution < -0.4 is 5.56 Å². The van der Waals surface area contributed by atoms with Gasteiger partial charge in [0.25, 0.3) is 5.56 Å². The second-order valence-electron chi connectivity index (χ2n) is 6.42. The van der Waals surface area contributed by atoms with Gasteiger partial charge < -0.3 is 0 Å². The summed E-state index contributed by atoms with van der Waals surface area (Å²) in [6.45, 7) is 1.68. The highest BCUT2D eigenvalue weighted by Crippen LogP contribution is 2.12. The fourth-order valence-electron chi connectivity index (χ4n) is 2.90. The van der Waals surface area contributed by atoms with Crippen LogP contribution in [0.4, 0.5) is 4.39 Å². The molecule has 27 heavy (non-hydrogen) atoms. The van der Waals surface area contributed by atoms with E-state index < -0.39 is 0 Å². The molecule has 0 spiro atoms. The standard InChI is InChI=1S/C21H18BrFN2O2/c1-14-9-17(10-16-3-2-4-19(23)11-16)21(27)25(24-14)13-20(26)12-15-5-7-18(22)8-6-15/h2-9,11H,10,12-13H2,1H3. The number of nitrogens with zero attached hydrogens (tertiary/aromatic N) is 2. The molecule has 0 saturated heterocycles. The number of aryl methyl sites for hydroxylation is 1. The topological polar surface area (TPSA) is 52.0 Å².